The third-order valence-corrected chi connectivity index (χ3v) is 151. The molecule has 0 rings (SSSR count). The second kappa shape index (κ2) is 9.37. The highest BCUT2D eigenvalue weighted by molar-refractivity contribution is 7.98. The Labute approximate surface area is 219 Å². The Kier molecular flexibility index (Phi) is 9.80. The molecule has 0 fully saturated rings. The van der Waals surface area contributed by atoms with E-state index in [9.17, 15) is 0 Å². The van der Waals surface area contributed by atoms with Crippen molar-refractivity contribution in [1.82, 2.24) is 0 Å². The summed E-state index contributed by atoms with van der Waals surface area (Å²) in [5.41, 5.74) is 0. The average molecular weight is 575 g/mol. The Morgan fingerprint density at radius 1 is 0.394 bits per heavy atom. The lowest BCUT2D eigenvalue weighted by Crippen LogP contribution is -2.87. The molecule has 0 spiro atoms. The van der Waals surface area contributed by atoms with E-state index in [0.29, 0.717) is 20.2 Å². The lowest BCUT2D eigenvalue weighted by atomic mass is 10.2. The van der Waals surface area contributed by atoms with E-state index in [1.165, 1.54) is 0 Å². The van der Waals surface area contributed by atoms with Crippen molar-refractivity contribution in [2.75, 3.05) is 0 Å². The Morgan fingerprint density at radius 2 is 0.636 bits per heavy atom. The van der Waals surface area contributed by atoms with Gasteiger partial charge in [-0.2, -0.15) is 0 Å². The average Bonchev–Trinajstić information content (AvgIpc) is 2.49. The standard InChI is InChI=1S/C26H66Si7/c1-23(2,3)29(14,15)27(13)28(30(16,17)24(4,5)6)33(22,31(18,19)25(7,8)9)32(20,21)26(10,11)12/h1-22H3/b28-27+. The topological polar surface area (TPSA) is 0 Å². The molecule has 0 amide bonds. The maximum Gasteiger partial charge on any atom is 0.0578 e. The van der Waals surface area contributed by atoms with Gasteiger partial charge in [-0.3, -0.25) is 0 Å². The number of rotatable bonds is 5. The Hall–Kier alpha value is 1.52. The van der Waals surface area contributed by atoms with E-state index >= 15 is 0 Å². The molecule has 0 N–H and O–H groups in total. The number of hydrogen-bond acceptors (Lipinski definition) is 0. The third kappa shape index (κ3) is 5.54. The van der Waals surface area contributed by atoms with Crippen molar-refractivity contribution in [3.63, 3.8) is 0 Å². The summed E-state index contributed by atoms with van der Waals surface area (Å²) < 4.78 is 0. The summed E-state index contributed by atoms with van der Waals surface area (Å²) in [5.74, 6) is 0. The lowest BCUT2D eigenvalue weighted by Gasteiger charge is -2.65. The minimum atomic E-state index is -1.58. The molecule has 0 aromatic heterocycles. The van der Waals surface area contributed by atoms with Crippen LogP contribution in [0.4, 0.5) is 0 Å². The lowest BCUT2D eigenvalue weighted by molar-refractivity contribution is 0.725. The molecule has 0 heterocycles. The van der Waals surface area contributed by atoms with Crippen LogP contribution in [0.15, 0.2) is 0 Å². The van der Waals surface area contributed by atoms with E-state index < -0.39 is 51.3 Å². The molecule has 198 valence electrons. The molecular formula is C26H66Si7. The van der Waals surface area contributed by atoms with Gasteiger partial charge >= 0.3 is 0 Å². The van der Waals surface area contributed by atoms with Crippen molar-refractivity contribution >= 4 is 51.3 Å². The van der Waals surface area contributed by atoms with Crippen LogP contribution in [-0.2, 0) is 0 Å². The summed E-state index contributed by atoms with van der Waals surface area (Å²) >= 11 is 0. The fraction of sp³-hybridized carbons (Fsp3) is 1.00. The highest BCUT2D eigenvalue weighted by Gasteiger charge is 2.67. The summed E-state index contributed by atoms with van der Waals surface area (Å²) in [6.45, 7) is 58.7. The molecule has 0 bridgehead atoms. The van der Waals surface area contributed by atoms with Gasteiger partial charge in [0, 0.05) is 21.8 Å². The van der Waals surface area contributed by atoms with Crippen molar-refractivity contribution in [2.45, 2.75) is 169 Å². The Balaban J connectivity index is 8.41. The van der Waals surface area contributed by atoms with Crippen LogP contribution in [0.25, 0.3) is 0 Å². The molecule has 0 aliphatic carbocycles. The highest BCUT2D eigenvalue weighted by Crippen LogP contribution is 2.54. The van der Waals surface area contributed by atoms with Crippen LogP contribution in [0.2, 0.25) is 85.6 Å². The first-order valence-corrected chi connectivity index (χ1v) is 37.5. The molecule has 0 aliphatic heterocycles. The first-order valence-electron chi connectivity index (χ1n) is 13.5. The van der Waals surface area contributed by atoms with Crippen LogP contribution >= 0.6 is 0 Å². The van der Waals surface area contributed by atoms with Crippen LogP contribution in [0.3, 0.4) is 0 Å². The zero-order valence-corrected chi connectivity index (χ0v) is 34.5. The molecule has 0 aromatic carbocycles. The van der Waals surface area contributed by atoms with Gasteiger partial charge in [-0.15, -0.1) is 0 Å². The van der Waals surface area contributed by atoms with Gasteiger partial charge in [0.15, 0.2) is 0 Å². The molecule has 0 atom stereocenters. The maximum absolute atomic E-state index is 3.08. The SMILES string of the molecule is C/[Si](=[Si](/[Si](C)(C)C(C)(C)C)[Si](C)([Si](C)(C)C(C)(C)C)[Si](C)(C)C(C)(C)C)[Si](C)(C)C(C)(C)C. The molecule has 0 unspecified atom stereocenters. The number of hydrogen-bond donors (Lipinski definition) is 0. The van der Waals surface area contributed by atoms with E-state index in [-0.39, 0.29) is 0 Å². The van der Waals surface area contributed by atoms with Gasteiger partial charge in [0.2, 0.25) is 0 Å². The molecule has 0 saturated carbocycles. The zero-order valence-electron chi connectivity index (χ0n) is 27.5. The second-order valence-corrected chi connectivity index (χ2v) is 84.4. The molecule has 7 heteroatoms. The molecule has 0 radical (unpaired) electrons. The minimum absolute atomic E-state index is 0.408. The summed E-state index contributed by atoms with van der Waals surface area (Å²) in [4.78, 5) is 0. The summed E-state index contributed by atoms with van der Waals surface area (Å²) in [7, 11) is -6.33. The molecule has 0 nitrogen and oxygen atoms in total. The molecule has 0 aliphatic rings. The minimum Gasteiger partial charge on any atom is -0.0728 e. The van der Waals surface area contributed by atoms with Gasteiger partial charge in [-0.1, -0.05) is 149 Å². The summed E-state index contributed by atoms with van der Waals surface area (Å²) in [6.07, 6.45) is 0. The van der Waals surface area contributed by atoms with Crippen LogP contribution in [0.1, 0.15) is 83.1 Å². The first kappa shape index (κ1) is 34.5. The smallest absolute Gasteiger partial charge is 0.0578 e. The predicted octanol–water partition coefficient (Wildman–Crippen LogP) is 10.2. The Bertz CT molecular complexity index is 717. The van der Waals surface area contributed by atoms with Gasteiger partial charge < -0.3 is 0 Å². The van der Waals surface area contributed by atoms with Crippen LogP contribution < -0.4 is 0 Å². The van der Waals surface area contributed by atoms with E-state index in [2.05, 4.69) is 149 Å². The molecule has 0 saturated heterocycles. The van der Waals surface area contributed by atoms with Gasteiger partial charge in [0.25, 0.3) is 0 Å². The molecule has 0 aromatic rings. The highest BCUT2D eigenvalue weighted by atomic mass is 30.1. The quantitative estimate of drug-likeness (QED) is 0.286. The molecule has 33 heavy (non-hydrogen) atoms. The van der Waals surface area contributed by atoms with Gasteiger partial charge in [0.1, 0.15) is 0 Å². The predicted molar refractivity (Wildman–Crippen MR) is 178 cm³/mol. The zero-order chi connectivity index (χ0) is 27.7. The normalized spacial score (nSPS) is 17.3. The van der Waals surface area contributed by atoms with E-state index in [1.807, 2.05) is 0 Å². The fourth-order valence-electron chi connectivity index (χ4n) is 5.62. The van der Waals surface area contributed by atoms with Crippen LogP contribution in [0.5, 0.6) is 0 Å². The van der Waals surface area contributed by atoms with Gasteiger partial charge in [-0.25, -0.2) is 0 Å². The molecular weight excluding hydrogens is 509 g/mol. The van der Waals surface area contributed by atoms with Gasteiger partial charge in [-0.05, 0) is 34.5 Å². The third-order valence-electron chi connectivity index (χ3n) is 12.4. The largest absolute Gasteiger partial charge is 0.0728 e. The van der Waals surface area contributed by atoms with Crippen molar-refractivity contribution in [1.29, 1.82) is 0 Å². The van der Waals surface area contributed by atoms with E-state index in [1.54, 1.807) is 0 Å². The first-order chi connectivity index (χ1) is 13.8. The van der Waals surface area contributed by atoms with Crippen molar-refractivity contribution < 1.29 is 0 Å². The van der Waals surface area contributed by atoms with Crippen molar-refractivity contribution in [3.05, 3.63) is 0 Å². The van der Waals surface area contributed by atoms with Crippen LogP contribution in [-0.4, -0.2) is 51.3 Å². The fourth-order valence-corrected chi connectivity index (χ4v) is 231. The van der Waals surface area contributed by atoms with Crippen LogP contribution in [0, 0.1) is 0 Å². The maximum atomic E-state index is 3.08. The monoisotopic (exact) mass is 574 g/mol. The van der Waals surface area contributed by atoms with E-state index in [0.717, 1.165) is 0 Å². The summed E-state index contributed by atoms with van der Waals surface area (Å²) in [5, 5.41) is 1.97. The Morgan fingerprint density at radius 3 is 0.818 bits per heavy atom. The second-order valence-electron chi connectivity index (χ2n) is 17.6. The van der Waals surface area contributed by atoms with Gasteiger partial charge in [0.05, 0.1) is 15.2 Å². The van der Waals surface area contributed by atoms with Crippen molar-refractivity contribution in [3.8, 4) is 0 Å². The summed E-state index contributed by atoms with van der Waals surface area (Å²) in [6, 6.07) is 0. The van der Waals surface area contributed by atoms with Crippen molar-refractivity contribution in [2.24, 2.45) is 0 Å². The van der Waals surface area contributed by atoms with E-state index in [4.69, 9.17) is 0 Å².